The maximum Gasteiger partial charge on any atom is 0.0700 e. The summed E-state index contributed by atoms with van der Waals surface area (Å²) >= 11 is 0. The van der Waals surface area contributed by atoms with Crippen molar-refractivity contribution >= 4 is 0 Å². The van der Waals surface area contributed by atoms with Crippen molar-refractivity contribution in [1.29, 1.82) is 0 Å². The Morgan fingerprint density at radius 2 is 1.87 bits per heavy atom. The highest BCUT2D eigenvalue weighted by Crippen LogP contribution is 2.23. The quantitative estimate of drug-likeness (QED) is 0.462. The minimum atomic E-state index is 0.743. The number of hydrogen-bond donors (Lipinski definition) is 0. The van der Waals surface area contributed by atoms with Gasteiger partial charge in [0.25, 0.3) is 0 Å². The molecule has 2 heteroatoms. The standard InChI is InChI=1S/C12H22.CH3NO/c1-5-9-11(7-3)12(8-4)10-6-2;1-2-3/h12H,3,5-6,8-10H2,1-2,4H3;1H3. The zero-order valence-electron chi connectivity index (χ0n) is 10.7. The Balaban J connectivity index is 0. The highest BCUT2D eigenvalue weighted by Gasteiger charge is 2.09. The van der Waals surface area contributed by atoms with Crippen LogP contribution >= 0.6 is 0 Å². The number of nitroso groups, excluding NO2 is 1. The second-order valence-electron chi connectivity index (χ2n) is 3.53. The van der Waals surface area contributed by atoms with Crippen molar-refractivity contribution in [2.24, 2.45) is 11.1 Å². The van der Waals surface area contributed by atoms with Crippen molar-refractivity contribution in [3.63, 3.8) is 0 Å². The van der Waals surface area contributed by atoms with Crippen LogP contribution in [0.1, 0.15) is 52.9 Å². The first-order valence-electron chi connectivity index (χ1n) is 5.81. The van der Waals surface area contributed by atoms with Crippen LogP contribution in [-0.4, -0.2) is 7.05 Å². The minimum Gasteiger partial charge on any atom is -0.151 e. The van der Waals surface area contributed by atoms with Crippen molar-refractivity contribution < 1.29 is 0 Å². The van der Waals surface area contributed by atoms with E-state index in [1.54, 1.807) is 0 Å². The lowest BCUT2D eigenvalue weighted by atomic mass is 9.90. The highest BCUT2D eigenvalue weighted by molar-refractivity contribution is 5.03. The largest absolute Gasteiger partial charge is 0.151 e. The monoisotopic (exact) mass is 211 g/mol. The summed E-state index contributed by atoms with van der Waals surface area (Å²) in [5.41, 5.74) is 4.55. The smallest absolute Gasteiger partial charge is 0.0700 e. The molecular weight excluding hydrogens is 186 g/mol. The van der Waals surface area contributed by atoms with Crippen molar-refractivity contribution in [3.05, 3.63) is 22.8 Å². The molecule has 0 saturated carbocycles. The molecule has 0 fully saturated rings. The number of allylic oxidation sites excluding steroid dienone is 1. The Hall–Kier alpha value is -0.880. The van der Waals surface area contributed by atoms with E-state index >= 15 is 0 Å². The van der Waals surface area contributed by atoms with Gasteiger partial charge in [-0.2, -0.15) is 4.91 Å². The lowest BCUT2D eigenvalue weighted by molar-refractivity contribution is 0.516. The van der Waals surface area contributed by atoms with Gasteiger partial charge in [0, 0.05) is 0 Å². The molecule has 88 valence electrons. The van der Waals surface area contributed by atoms with Gasteiger partial charge in [-0.15, -0.1) is 5.73 Å². The van der Waals surface area contributed by atoms with Crippen LogP contribution in [-0.2, 0) is 0 Å². The topological polar surface area (TPSA) is 29.4 Å². The first-order valence-corrected chi connectivity index (χ1v) is 5.81. The first kappa shape index (κ1) is 16.5. The van der Waals surface area contributed by atoms with Crippen molar-refractivity contribution in [2.45, 2.75) is 52.9 Å². The summed E-state index contributed by atoms with van der Waals surface area (Å²) < 4.78 is 0. The van der Waals surface area contributed by atoms with Gasteiger partial charge in [0.1, 0.15) is 0 Å². The third-order valence-corrected chi connectivity index (χ3v) is 2.37. The molecule has 15 heavy (non-hydrogen) atoms. The Labute approximate surface area is 94.4 Å². The molecule has 0 spiro atoms. The minimum absolute atomic E-state index is 0.743. The van der Waals surface area contributed by atoms with Crippen LogP contribution in [0.5, 0.6) is 0 Å². The van der Waals surface area contributed by atoms with Crippen LogP contribution < -0.4 is 0 Å². The summed E-state index contributed by atoms with van der Waals surface area (Å²) in [7, 11) is 1.19. The molecule has 1 unspecified atom stereocenters. The van der Waals surface area contributed by atoms with E-state index in [4.69, 9.17) is 4.91 Å². The van der Waals surface area contributed by atoms with Gasteiger partial charge >= 0.3 is 0 Å². The van der Waals surface area contributed by atoms with Crippen LogP contribution in [0, 0.1) is 10.8 Å². The molecule has 0 amide bonds. The average Bonchev–Trinajstić information content (AvgIpc) is 2.24. The molecule has 0 aliphatic rings. The molecule has 0 N–H and O–H groups in total. The molecule has 0 aromatic rings. The number of nitrogens with zero attached hydrogens (tertiary/aromatic N) is 1. The van der Waals surface area contributed by atoms with Crippen LogP contribution in [0.15, 0.2) is 23.1 Å². The summed E-state index contributed by atoms with van der Waals surface area (Å²) in [5.74, 6) is 0.743. The highest BCUT2D eigenvalue weighted by atomic mass is 16.2. The SMILES string of the molecule is C=C=C(CCC)C(CC)CCC.CN=O. The predicted molar refractivity (Wildman–Crippen MR) is 68.0 cm³/mol. The van der Waals surface area contributed by atoms with Crippen molar-refractivity contribution in [2.75, 3.05) is 7.05 Å². The van der Waals surface area contributed by atoms with E-state index in [9.17, 15) is 0 Å². The van der Waals surface area contributed by atoms with Crippen molar-refractivity contribution in [1.82, 2.24) is 0 Å². The third-order valence-electron chi connectivity index (χ3n) is 2.37. The normalized spacial score (nSPS) is 10.7. The van der Waals surface area contributed by atoms with E-state index in [2.05, 4.69) is 38.3 Å². The van der Waals surface area contributed by atoms with Crippen LogP contribution in [0.3, 0.4) is 0 Å². The second-order valence-corrected chi connectivity index (χ2v) is 3.53. The molecule has 2 nitrogen and oxygen atoms in total. The molecule has 0 saturated heterocycles. The van der Waals surface area contributed by atoms with Gasteiger partial charge in [-0.3, -0.25) is 0 Å². The van der Waals surface area contributed by atoms with Gasteiger partial charge in [0.05, 0.1) is 7.05 Å². The average molecular weight is 211 g/mol. The second kappa shape index (κ2) is 13.1. The van der Waals surface area contributed by atoms with Crippen LogP contribution in [0.4, 0.5) is 0 Å². The lowest BCUT2D eigenvalue weighted by Crippen LogP contribution is -2.01. The van der Waals surface area contributed by atoms with E-state index in [0.29, 0.717) is 0 Å². The summed E-state index contributed by atoms with van der Waals surface area (Å²) in [6, 6.07) is 0. The predicted octanol–water partition coefficient (Wildman–Crippen LogP) is 4.71. The molecule has 1 atom stereocenters. The lowest BCUT2D eigenvalue weighted by Gasteiger charge is -2.15. The van der Waals surface area contributed by atoms with E-state index in [1.165, 1.54) is 44.7 Å². The Morgan fingerprint density at radius 3 is 2.13 bits per heavy atom. The van der Waals surface area contributed by atoms with Gasteiger partial charge in [0.2, 0.25) is 0 Å². The molecule has 0 aliphatic heterocycles. The number of rotatable bonds is 6. The van der Waals surface area contributed by atoms with E-state index in [-0.39, 0.29) is 0 Å². The fourth-order valence-corrected chi connectivity index (χ4v) is 1.68. The van der Waals surface area contributed by atoms with Gasteiger partial charge in [-0.25, -0.2) is 0 Å². The maximum absolute atomic E-state index is 8.56. The molecule has 0 aromatic heterocycles. The third kappa shape index (κ3) is 9.42. The maximum atomic E-state index is 8.56. The van der Waals surface area contributed by atoms with Crippen molar-refractivity contribution in [3.8, 4) is 0 Å². The van der Waals surface area contributed by atoms with Gasteiger partial charge in [-0.05, 0) is 30.8 Å². The fraction of sp³-hybridized carbons (Fsp3) is 0.769. The van der Waals surface area contributed by atoms with E-state index in [0.717, 1.165) is 5.92 Å². The zero-order valence-corrected chi connectivity index (χ0v) is 10.7. The summed E-state index contributed by atoms with van der Waals surface area (Å²) in [6.45, 7) is 10.5. The Kier molecular flexibility index (Phi) is 14.5. The van der Waals surface area contributed by atoms with Gasteiger partial charge < -0.3 is 0 Å². The molecule has 0 heterocycles. The summed E-state index contributed by atoms with van der Waals surface area (Å²) in [5, 5.41) is 2.25. The Morgan fingerprint density at radius 1 is 1.33 bits per heavy atom. The number of hydrogen-bond acceptors (Lipinski definition) is 2. The van der Waals surface area contributed by atoms with Gasteiger partial charge in [0.15, 0.2) is 0 Å². The first-order chi connectivity index (χ1) is 7.21. The van der Waals surface area contributed by atoms with E-state index < -0.39 is 0 Å². The van der Waals surface area contributed by atoms with Gasteiger partial charge in [-0.1, -0.05) is 45.4 Å². The zero-order chi connectivity index (χ0) is 12.1. The molecule has 0 bridgehead atoms. The molecular formula is C13H25NO. The van der Waals surface area contributed by atoms with E-state index in [1.807, 2.05) is 0 Å². The van der Waals surface area contributed by atoms with Crippen LogP contribution in [0.25, 0.3) is 0 Å². The molecule has 0 aliphatic carbocycles. The molecule has 0 rings (SSSR count). The van der Waals surface area contributed by atoms with Crippen LogP contribution in [0.2, 0.25) is 0 Å². The summed E-state index contributed by atoms with van der Waals surface area (Å²) in [6.07, 6.45) is 6.22. The fourth-order valence-electron chi connectivity index (χ4n) is 1.68. The molecule has 0 aromatic carbocycles. The Bertz CT molecular complexity index is 193. The molecule has 0 radical (unpaired) electrons. The summed E-state index contributed by atoms with van der Waals surface area (Å²) in [4.78, 5) is 8.56.